The lowest BCUT2D eigenvalue weighted by atomic mass is 10.1. The second-order valence-electron chi connectivity index (χ2n) is 4.54. The number of hydrogen-bond acceptors (Lipinski definition) is 3. The average molecular weight is 382 g/mol. The highest BCUT2D eigenvalue weighted by Crippen LogP contribution is 2.25. The van der Waals surface area contributed by atoms with Gasteiger partial charge in [-0.2, -0.15) is 4.72 Å². The van der Waals surface area contributed by atoms with Crippen LogP contribution in [0.5, 0.6) is 0 Å². The molecule has 1 atom stereocenters. The Balaban J connectivity index is 2.21. The van der Waals surface area contributed by atoms with Gasteiger partial charge < -0.3 is 5.32 Å². The molecule has 1 aliphatic rings. The summed E-state index contributed by atoms with van der Waals surface area (Å²) in [7, 11) is -3.75. The number of carbonyl (C=O) groups is 1. The van der Waals surface area contributed by atoms with Crippen molar-refractivity contribution >= 4 is 43.5 Å². The van der Waals surface area contributed by atoms with E-state index in [-0.39, 0.29) is 10.8 Å². The molecule has 0 saturated carbocycles. The van der Waals surface area contributed by atoms with E-state index >= 15 is 0 Å². The lowest BCUT2D eigenvalue weighted by Gasteiger charge is -2.15. The molecule has 0 radical (unpaired) electrons. The molecule has 20 heavy (non-hydrogen) atoms. The molecule has 1 amide bonds. The Morgan fingerprint density at radius 2 is 2.10 bits per heavy atom. The number of rotatable bonds is 3. The first-order valence-corrected chi connectivity index (χ1v) is 8.80. The third-order valence-electron chi connectivity index (χ3n) is 3.03. The van der Waals surface area contributed by atoms with Crippen molar-refractivity contribution < 1.29 is 13.2 Å². The highest BCUT2D eigenvalue weighted by molar-refractivity contribution is 9.10. The molecule has 1 aromatic carbocycles. The minimum Gasteiger partial charge on any atom is -0.355 e. The molecule has 1 aliphatic heterocycles. The normalized spacial score (nSPS) is 20.3. The maximum Gasteiger partial charge on any atom is 0.241 e. The zero-order chi connectivity index (χ0) is 14.8. The second-order valence-corrected chi connectivity index (χ2v) is 7.51. The molecule has 5 nitrogen and oxygen atoms in total. The van der Waals surface area contributed by atoms with Crippen LogP contribution >= 0.6 is 27.5 Å². The Labute approximate surface area is 131 Å². The van der Waals surface area contributed by atoms with Crippen LogP contribution < -0.4 is 10.0 Å². The van der Waals surface area contributed by atoms with E-state index in [2.05, 4.69) is 26.0 Å². The molecule has 2 rings (SSSR count). The predicted octanol–water partition coefficient (Wildman–Crippen LogP) is 2.05. The first-order chi connectivity index (χ1) is 9.40. The molecule has 2 N–H and O–H groups in total. The maximum absolute atomic E-state index is 12.3. The quantitative estimate of drug-likeness (QED) is 0.841. The summed E-state index contributed by atoms with van der Waals surface area (Å²) in [6, 6.07) is 3.59. The van der Waals surface area contributed by atoms with Crippen LogP contribution in [-0.2, 0) is 14.8 Å². The third-order valence-corrected chi connectivity index (χ3v) is 5.72. The Hall–Kier alpha value is -0.630. The van der Waals surface area contributed by atoms with Crippen LogP contribution in [0.25, 0.3) is 0 Å². The van der Waals surface area contributed by atoms with Crippen LogP contribution in [0.15, 0.2) is 27.6 Å². The predicted molar refractivity (Wildman–Crippen MR) is 80.1 cm³/mol. The first kappa shape index (κ1) is 15.8. The number of nitrogens with one attached hydrogen (secondary N) is 2. The molecule has 1 unspecified atom stereocenters. The number of sulfonamides is 1. The Kier molecular flexibility index (Phi) is 5.06. The molecule has 8 heteroatoms. The zero-order valence-electron chi connectivity index (χ0n) is 10.5. The highest BCUT2D eigenvalue weighted by Gasteiger charge is 2.26. The summed E-state index contributed by atoms with van der Waals surface area (Å²) in [6.45, 7) is 0.587. The topological polar surface area (TPSA) is 75.3 Å². The third kappa shape index (κ3) is 3.72. The van der Waals surface area contributed by atoms with E-state index in [9.17, 15) is 13.2 Å². The molecule has 0 aliphatic carbocycles. The van der Waals surface area contributed by atoms with Crippen molar-refractivity contribution in [3.63, 3.8) is 0 Å². The summed E-state index contributed by atoms with van der Waals surface area (Å²) < 4.78 is 27.5. The number of benzene rings is 1. The SMILES string of the molecule is O=C1NCCCCC1NS(=O)(=O)c1ccc(Cl)c(Br)c1. The summed E-state index contributed by atoms with van der Waals surface area (Å²) in [5.41, 5.74) is 0. The van der Waals surface area contributed by atoms with Gasteiger partial charge in [0.25, 0.3) is 0 Å². The van der Waals surface area contributed by atoms with Crippen molar-refractivity contribution in [2.24, 2.45) is 0 Å². The summed E-state index contributed by atoms with van der Waals surface area (Å²) in [5, 5.41) is 3.12. The Morgan fingerprint density at radius 1 is 1.35 bits per heavy atom. The average Bonchev–Trinajstić information content (AvgIpc) is 2.58. The van der Waals surface area contributed by atoms with E-state index in [0.29, 0.717) is 22.5 Å². The monoisotopic (exact) mass is 380 g/mol. The van der Waals surface area contributed by atoms with Crippen molar-refractivity contribution in [3.05, 3.63) is 27.7 Å². The van der Waals surface area contributed by atoms with E-state index in [1.165, 1.54) is 18.2 Å². The maximum atomic E-state index is 12.3. The van der Waals surface area contributed by atoms with Gasteiger partial charge in [0.1, 0.15) is 6.04 Å². The molecule has 0 bridgehead atoms. The number of amides is 1. The van der Waals surface area contributed by atoms with Crippen molar-refractivity contribution in [2.75, 3.05) is 6.54 Å². The van der Waals surface area contributed by atoms with E-state index < -0.39 is 16.1 Å². The van der Waals surface area contributed by atoms with Crippen molar-refractivity contribution in [2.45, 2.75) is 30.2 Å². The lowest BCUT2D eigenvalue weighted by molar-refractivity contribution is -0.122. The van der Waals surface area contributed by atoms with E-state index in [0.717, 1.165) is 12.8 Å². The molecule has 110 valence electrons. The van der Waals surface area contributed by atoms with Crippen LogP contribution in [0.2, 0.25) is 5.02 Å². The smallest absolute Gasteiger partial charge is 0.241 e. The van der Waals surface area contributed by atoms with Gasteiger partial charge in [-0.3, -0.25) is 4.79 Å². The van der Waals surface area contributed by atoms with Crippen molar-refractivity contribution in [3.8, 4) is 0 Å². The fraction of sp³-hybridized carbons (Fsp3) is 0.417. The summed E-state index contributed by atoms with van der Waals surface area (Å²) in [6.07, 6.45) is 2.16. The van der Waals surface area contributed by atoms with Crippen molar-refractivity contribution in [1.29, 1.82) is 0 Å². The number of carbonyl (C=O) groups excluding carboxylic acids is 1. The van der Waals surface area contributed by atoms with E-state index in [1.54, 1.807) is 0 Å². The molecule has 1 heterocycles. The van der Waals surface area contributed by atoms with E-state index in [1.807, 2.05) is 0 Å². The van der Waals surface area contributed by atoms with Gasteiger partial charge in [-0.15, -0.1) is 0 Å². The number of hydrogen-bond donors (Lipinski definition) is 2. The van der Waals surface area contributed by atoms with Gasteiger partial charge >= 0.3 is 0 Å². The largest absolute Gasteiger partial charge is 0.355 e. The van der Waals surface area contributed by atoms with Gasteiger partial charge in [-0.1, -0.05) is 11.6 Å². The zero-order valence-corrected chi connectivity index (χ0v) is 13.7. The Bertz CT molecular complexity index is 621. The molecular weight excluding hydrogens is 368 g/mol. The first-order valence-electron chi connectivity index (χ1n) is 6.15. The van der Waals surface area contributed by atoms with Crippen LogP contribution in [0.4, 0.5) is 0 Å². The van der Waals surface area contributed by atoms with E-state index in [4.69, 9.17) is 11.6 Å². The second kappa shape index (κ2) is 6.43. The lowest BCUT2D eigenvalue weighted by Crippen LogP contribution is -2.45. The highest BCUT2D eigenvalue weighted by atomic mass is 79.9. The standard InChI is InChI=1S/C12H14BrClN2O3S/c13-9-7-8(4-5-10(9)14)20(18,19)16-11-3-1-2-6-15-12(11)17/h4-5,7,11,16H,1-3,6H2,(H,15,17). The molecule has 0 spiro atoms. The molecule has 1 saturated heterocycles. The minimum atomic E-state index is -3.75. The van der Waals surface area contributed by atoms with Gasteiger partial charge in [-0.25, -0.2) is 8.42 Å². The summed E-state index contributed by atoms with van der Waals surface area (Å²) in [5.74, 6) is -0.279. The van der Waals surface area contributed by atoms with Gasteiger partial charge in [0.2, 0.25) is 15.9 Å². The van der Waals surface area contributed by atoms with Gasteiger partial charge in [0.05, 0.1) is 9.92 Å². The molecule has 1 aromatic rings. The minimum absolute atomic E-state index is 0.0748. The fourth-order valence-electron chi connectivity index (χ4n) is 1.95. The molecule has 0 aromatic heterocycles. The van der Waals surface area contributed by atoms with Crippen LogP contribution in [-0.4, -0.2) is 26.9 Å². The van der Waals surface area contributed by atoms with Crippen molar-refractivity contribution in [1.82, 2.24) is 10.0 Å². The van der Waals surface area contributed by atoms with Gasteiger partial charge in [0, 0.05) is 11.0 Å². The van der Waals surface area contributed by atoms with Crippen LogP contribution in [0.3, 0.4) is 0 Å². The van der Waals surface area contributed by atoms with Crippen LogP contribution in [0.1, 0.15) is 19.3 Å². The van der Waals surface area contributed by atoms with Gasteiger partial charge in [-0.05, 0) is 53.4 Å². The molecular formula is C12H14BrClN2O3S. The molecule has 1 fully saturated rings. The van der Waals surface area contributed by atoms with Crippen LogP contribution in [0, 0.1) is 0 Å². The van der Waals surface area contributed by atoms with Gasteiger partial charge in [0.15, 0.2) is 0 Å². The fourth-order valence-corrected chi connectivity index (χ4v) is 3.85. The Morgan fingerprint density at radius 3 is 2.80 bits per heavy atom. The summed E-state index contributed by atoms with van der Waals surface area (Å²) in [4.78, 5) is 11.9. The number of halogens is 2. The summed E-state index contributed by atoms with van der Waals surface area (Å²) >= 11 is 9.03.